The van der Waals surface area contributed by atoms with Crippen LogP contribution in [0.3, 0.4) is 0 Å². The maximum atomic E-state index is 12.9. The second-order valence-corrected chi connectivity index (χ2v) is 6.13. The molecule has 7 heteroatoms. The molecule has 0 bridgehead atoms. The molecule has 1 aromatic heterocycles. The van der Waals surface area contributed by atoms with Crippen LogP contribution in [-0.2, 0) is 6.54 Å². The second kappa shape index (κ2) is 6.95. The van der Waals surface area contributed by atoms with Crippen molar-refractivity contribution in [2.45, 2.75) is 6.54 Å². The fourth-order valence-corrected chi connectivity index (χ4v) is 3.06. The maximum Gasteiger partial charge on any atom is 0.330 e. The maximum absolute atomic E-state index is 12.9. The van der Waals surface area contributed by atoms with Crippen molar-refractivity contribution in [2.75, 3.05) is 29.3 Å². The van der Waals surface area contributed by atoms with Crippen LogP contribution in [0.25, 0.3) is 0 Å². The third kappa shape index (κ3) is 3.15. The number of aromatic nitrogens is 2. The largest absolute Gasteiger partial charge is 0.495 e. The topological polar surface area (TPSA) is 70.6 Å². The minimum Gasteiger partial charge on any atom is -0.495 e. The van der Waals surface area contributed by atoms with Crippen molar-refractivity contribution in [1.82, 2.24) is 9.97 Å². The highest BCUT2D eigenvalue weighted by Gasteiger charge is 2.32. The van der Waals surface area contributed by atoms with Gasteiger partial charge in [-0.05, 0) is 24.3 Å². The molecule has 2 aromatic carbocycles. The third-order valence-electron chi connectivity index (χ3n) is 4.41. The summed E-state index contributed by atoms with van der Waals surface area (Å²) in [5, 5.41) is 3.16. The van der Waals surface area contributed by atoms with Crippen LogP contribution in [-0.4, -0.2) is 30.2 Å². The minimum atomic E-state index is -0.170. The van der Waals surface area contributed by atoms with E-state index >= 15 is 0 Å². The molecule has 0 fully saturated rings. The molecule has 0 spiro atoms. The summed E-state index contributed by atoms with van der Waals surface area (Å²) < 4.78 is 5.40. The molecule has 27 heavy (non-hydrogen) atoms. The predicted molar refractivity (Wildman–Crippen MR) is 105 cm³/mol. The lowest BCUT2D eigenvalue weighted by molar-refractivity contribution is 0.251. The third-order valence-corrected chi connectivity index (χ3v) is 4.41. The van der Waals surface area contributed by atoms with E-state index in [0.29, 0.717) is 29.7 Å². The summed E-state index contributed by atoms with van der Waals surface area (Å²) in [4.78, 5) is 25.1. The van der Waals surface area contributed by atoms with Gasteiger partial charge in [-0.3, -0.25) is 9.80 Å². The Bertz CT molecular complexity index is 977. The average Bonchev–Trinajstić information content (AvgIpc) is 2.72. The second-order valence-electron chi connectivity index (χ2n) is 6.13. The molecule has 1 N–H and O–H groups in total. The molecular weight excluding hydrogens is 342 g/mol. The number of methoxy groups -OCH3 is 1. The molecule has 1 aliphatic rings. The predicted octanol–water partition coefficient (Wildman–Crippen LogP) is 3.81. The van der Waals surface area contributed by atoms with Gasteiger partial charge in [-0.25, -0.2) is 9.78 Å². The highest BCUT2D eigenvalue weighted by atomic mass is 16.5. The zero-order chi connectivity index (χ0) is 18.8. The number of amides is 2. The van der Waals surface area contributed by atoms with Crippen molar-refractivity contribution in [3.63, 3.8) is 0 Å². The number of rotatable bonds is 4. The monoisotopic (exact) mass is 361 g/mol. The van der Waals surface area contributed by atoms with Gasteiger partial charge < -0.3 is 10.1 Å². The van der Waals surface area contributed by atoms with Crippen molar-refractivity contribution >= 4 is 29.2 Å². The van der Waals surface area contributed by atoms with Gasteiger partial charge in [0.2, 0.25) is 5.95 Å². The van der Waals surface area contributed by atoms with Crippen LogP contribution in [0.1, 0.15) is 5.56 Å². The molecule has 2 heterocycles. The number of benzene rings is 2. The zero-order valence-corrected chi connectivity index (χ0v) is 15.1. The number of carbonyl (C=O) groups excluding carboxylic acids is 1. The Labute approximate surface area is 157 Å². The smallest absolute Gasteiger partial charge is 0.330 e. The van der Waals surface area contributed by atoms with Crippen LogP contribution in [0.2, 0.25) is 0 Å². The van der Waals surface area contributed by atoms with Crippen molar-refractivity contribution < 1.29 is 9.53 Å². The number of ether oxygens (including phenoxy) is 1. The molecule has 0 radical (unpaired) electrons. The van der Waals surface area contributed by atoms with Crippen molar-refractivity contribution in [1.29, 1.82) is 0 Å². The summed E-state index contributed by atoms with van der Waals surface area (Å²) in [6.45, 7) is 0.379. The summed E-state index contributed by atoms with van der Waals surface area (Å²) in [5.74, 6) is 1.69. The van der Waals surface area contributed by atoms with Gasteiger partial charge in [-0.2, -0.15) is 4.98 Å². The fourth-order valence-electron chi connectivity index (χ4n) is 3.06. The number of carbonyl (C=O) groups is 1. The van der Waals surface area contributed by atoms with E-state index in [2.05, 4.69) is 15.3 Å². The summed E-state index contributed by atoms with van der Waals surface area (Å²) in [5.41, 5.74) is 2.47. The van der Waals surface area contributed by atoms with Gasteiger partial charge in [0.25, 0.3) is 0 Å². The number of nitrogens with one attached hydrogen (secondary N) is 1. The normalized spacial score (nSPS) is 13.3. The Morgan fingerprint density at radius 3 is 2.59 bits per heavy atom. The number of urea groups is 1. The number of fused-ring (bicyclic) bond motifs is 1. The molecule has 0 saturated heterocycles. The molecule has 0 saturated carbocycles. The summed E-state index contributed by atoms with van der Waals surface area (Å²) in [7, 11) is 3.30. The lowest BCUT2D eigenvalue weighted by atomic mass is 10.2. The first-order valence-corrected chi connectivity index (χ1v) is 8.53. The van der Waals surface area contributed by atoms with E-state index in [4.69, 9.17) is 4.74 Å². The van der Waals surface area contributed by atoms with E-state index in [9.17, 15) is 4.79 Å². The number of nitrogens with zero attached hydrogens (tertiary/aromatic N) is 4. The van der Waals surface area contributed by atoms with Gasteiger partial charge in [0.05, 0.1) is 19.3 Å². The first-order chi connectivity index (χ1) is 13.2. The molecule has 7 nitrogen and oxygen atoms in total. The number of anilines is 4. The first kappa shape index (κ1) is 16.8. The van der Waals surface area contributed by atoms with Gasteiger partial charge in [0.1, 0.15) is 11.6 Å². The Balaban J connectivity index is 1.66. The minimum absolute atomic E-state index is 0.170. The molecule has 1 aliphatic heterocycles. The summed E-state index contributed by atoms with van der Waals surface area (Å²) >= 11 is 0. The summed E-state index contributed by atoms with van der Waals surface area (Å²) in [6, 6.07) is 17.0. The van der Waals surface area contributed by atoms with Gasteiger partial charge in [0.15, 0.2) is 0 Å². The van der Waals surface area contributed by atoms with Crippen molar-refractivity contribution in [2.24, 2.45) is 0 Å². The fraction of sp³-hybridized carbons (Fsp3) is 0.150. The van der Waals surface area contributed by atoms with Crippen LogP contribution in [0.5, 0.6) is 5.75 Å². The Hall–Kier alpha value is -3.61. The van der Waals surface area contributed by atoms with Crippen LogP contribution < -0.4 is 19.9 Å². The number of para-hydroxylation sites is 3. The van der Waals surface area contributed by atoms with Crippen molar-refractivity contribution in [3.8, 4) is 5.75 Å². The van der Waals surface area contributed by atoms with E-state index in [1.165, 1.54) is 4.90 Å². The number of hydrogen-bond donors (Lipinski definition) is 1. The van der Waals surface area contributed by atoms with E-state index in [1.54, 1.807) is 25.3 Å². The lowest BCUT2D eigenvalue weighted by Gasteiger charge is -2.34. The molecular formula is C20H19N5O2. The average molecular weight is 361 g/mol. The van der Waals surface area contributed by atoms with Gasteiger partial charge in [-0.15, -0.1) is 0 Å². The highest BCUT2D eigenvalue weighted by Crippen LogP contribution is 2.34. The Morgan fingerprint density at radius 1 is 1.07 bits per heavy atom. The van der Waals surface area contributed by atoms with Crippen molar-refractivity contribution in [3.05, 3.63) is 66.4 Å². The van der Waals surface area contributed by atoms with E-state index in [1.807, 2.05) is 54.6 Å². The molecule has 2 amide bonds. The van der Waals surface area contributed by atoms with Crippen LogP contribution >= 0.6 is 0 Å². The van der Waals surface area contributed by atoms with Crippen LogP contribution in [0, 0.1) is 0 Å². The standard InChI is InChI=1S/C20H19N5O2/c1-24-18-14(12-21-19(23-18)22-15-8-4-3-5-9-15)13-25(20(24)26)16-10-6-7-11-17(16)27-2/h3-12H,13H2,1-2H3,(H,21,22,23). The van der Waals surface area contributed by atoms with Gasteiger partial charge >= 0.3 is 6.03 Å². The molecule has 3 aromatic rings. The SMILES string of the molecule is COc1ccccc1N1Cc2cnc(Nc3ccccc3)nc2N(C)C1=O. The Kier molecular flexibility index (Phi) is 4.33. The van der Waals surface area contributed by atoms with Crippen LogP contribution in [0.15, 0.2) is 60.8 Å². The highest BCUT2D eigenvalue weighted by molar-refractivity contribution is 6.05. The zero-order valence-electron chi connectivity index (χ0n) is 15.1. The lowest BCUT2D eigenvalue weighted by Crippen LogP contribution is -2.46. The summed E-state index contributed by atoms with van der Waals surface area (Å²) in [6.07, 6.45) is 1.75. The molecule has 0 atom stereocenters. The van der Waals surface area contributed by atoms with E-state index in [-0.39, 0.29) is 6.03 Å². The van der Waals surface area contributed by atoms with Crippen LogP contribution in [0.4, 0.5) is 27.9 Å². The Morgan fingerprint density at radius 2 is 1.81 bits per heavy atom. The molecule has 4 rings (SSSR count). The first-order valence-electron chi connectivity index (χ1n) is 8.53. The molecule has 136 valence electrons. The van der Waals surface area contributed by atoms with E-state index in [0.717, 1.165) is 11.3 Å². The quantitative estimate of drug-likeness (QED) is 0.765. The molecule has 0 unspecified atom stereocenters. The molecule has 0 aliphatic carbocycles. The van der Waals surface area contributed by atoms with E-state index < -0.39 is 0 Å². The van der Waals surface area contributed by atoms with Gasteiger partial charge in [0, 0.05) is 24.5 Å². The van der Waals surface area contributed by atoms with Gasteiger partial charge in [-0.1, -0.05) is 30.3 Å². The number of hydrogen-bond acceptors (Lipinski definition) is 5.